The monoisotopic (exact) mass is 313 g/mol. The van der Waals surface area contributed by atoms with Crippen LogP contribution >= 0.6 is 0 Å². The van der Waals surface area contributed by atoms with Crippen molar-refractivity contribution in [3.63, 3.8) is 0 Å². The first kappa shape index (κ1) is 17.2. The third-order valence-electron chi connectivity index (χ3n) is 3.20. The summed E-state index contributed by atoms with van der Waals surface area (Å²) in [4.78, 5) is 23.5. The third-order valence-corrected chi connectivity index (χ3v) is 4.91. The van der Waals surface area contributed by atoms with Crippen molar-refractivity contribution in [3.05, 3.63) is 34.4 Å². The fourth-order valence-electron chi connectivity index (χ4n) is 1.93. The molecule has 7 heteroatoms. The fourth-order valence-corrected chi connectivity index (χ4v) is 2.63. The maximum atomic E-state index is 12.1. The second-order valence-corrected chi connectivity index (χ2v) is 7.22. The number of rotatable bonds is 6. The van der Waals surface area contributed by atoms with Crippen molar-refractivity contribution in [2.24, 2.45) is 0 Å². The van der Waals surface area contributed by atoms with Crippen LogP contribution in [0.1, 0.15) is 38.8 Å². The predicted octanol–water partition coefficient (Wildman–Crippen LogP) is 1.17. The number of hydrogen-bond donors (Lipinski definition) is 2. The van der Waals surface area contributed by atoms with E-state index in [0.29, 0.717) is 11.1 Å². The summed E-state index contributed by atoms with van der Waals surface area (Å²) in [6.07, 6.45) is 0. The maximum Gasteiger partial charge on any atom is 0.336 e. The molecule has 116 valence electrons. The SMILES string of the molecule is CCS(=O)(=O)CCNC(=O)c1c(C)ccc(C)c1C(=O)O. The molecule has 0 saturated carbocycles. The van der Waals surface area contributed by atoms with E-state index in [9.17, 15) is 23.1 Å². The lowest BCUT2D eigenvalue weighted by atomic mass is 9.96. The Morgan fingerprint density at radius 1 is 1.14 bits per heavy atom. The number of amides is 1. The molecule has 0 fully saturated rings. The van der Waals surface area contributed by atoms with Gasteiger partial charge in [-0.25, -0.2) is 13.2 Å². The van der Waals surface area contributed by atoms with Gasteiger partial charge in [-0.3, -0.25) is 4.79 Å². The highest BCUT2D eigenvalue weighted by atomic mass is 32.2. The van der Waals surface area contributed by atoms with E-state index in [2.05, 4.69) is 5.32 Å². The normalized spacial score (nSPS) is 11.2. The summed E-state index contributed by atoms with van der Waals surface area (Å²) in [6, 6.07) is 3.30. The van der Waals surface area contributed by atoms with Crippen molar-refractivity contribution in [2.75, 3.05) is 18.1 Å². The molecule has 1 rings (SSSR count). The molecule has 6 nitrogen and oxygen atoms in total. The van der Waals surface area contributed by atoms with E-state index in [-0.39, 0.29) is 29.2 Å². The molecule has 0 saturated heterocycles. The Bertz CT molecular complexity index is 664. The number of hydrogen-bond acceptors (Lipinski definition) is 4. The van der Waals surface area contributed by atoms with E-state index in [1.807, 2.05) is 0 Å². The number of carboxylic acids is 1. The summed E-state index contributed by atoms with van der Waals surface area (Å²) in [5.74, 6) is -1.91. The van der Waals surface area contributed by atoms with Crippen molar-refractivity contribution in [2.45, 2.75) is 20.8 Å². The zero-order valence-corrected chi connectivity index (χ0v) is 13.1. The Hall–Kier alpha value is -1.89. The van der Waals surface area contributed by atoms with Gasteiger partial charge in [-0.15, -0.1) is 0 Å². The molecule has 1 aromatic carbocycles. The molecule has 0 unspecified atom stereocenters. The first-order valence-electron chi connectivity index (χ1n) is 6.51. The topological polar surface area (TPSA) is 101 Å². The van der Waals surface area contributed by atoms with E-state index >= 15 is 0 Å². The smallest absolute Gasteiger partial charge is 0.336 e. The van der Waals surface area contributed by atoms with Crippen LogP contribution in [0.4, 0.5) is 0 Å². The quantitative estimate of drug-likeness (QED) is 0.821. The number of carbonyl (C=O) groups excluding carboxylic acids is 1. The number of benzene rings is 1. The molecule has 0 aromatic heterocycles. The van der Waals surface area contributed by atoms with Crippen LogP contribution in [-0.2, 0) is 9.84 Å². The molecule has 1 aromatic rings. The molecule has 0 bridgehead atoms. The number of aryl methyl sites for hydroxylation is 2. The van der Waals surface area contributed by atoms with Gasteiger partial charge in [-0.2, -0.15) is 0 Å². The maximum absolute atomic E-state index is 12.1. The minimum Gasteiger partial charge on any atom is -0.478 e. The minimum absolute atomic E-state index is 0.00667. The molecule has 1 amide bonds. The van der Waals surface area contributed by atoms with E-state index in [4.69, 9.17) is 0 Å². The average molecular weight is 313 g/mol. The van der Waals surface area contributed by atoms with E-state index in [0.717, 1.165) is 0 Å². The van der Waals surface area contributed by atoms with Crippen LogP contribution in [0.3, 0.4) is 0 Å². The highest BCUT2D eigenvalue weighted by molar-refractivity contribution is 7.91. The van der Waals surface area contributed by atoms with Crippen molar-refractivity contribution in [3.8, 4) is 0 Å². The summed E-state index contributed by atoms with van der Waals surface area (Å²) in [6.45, 7) is 4.75. The summed E-state index contributed by atoms with van der Waals surface area (Å²) in [5.41, 5.74) is 1.05. The van der Waals surface area contributed by atoms with Crippen LogP contribution in [0.25, 0.3) is 0 Å². The third kappa shape index (κ3) is 4.29. The van der Waals surface area contributed by atoms with E-state index in [1.165, 1.54) is 6.92 Å². The molecule has 0 aliphatic carbocycles. The van der Waals surface area contributed by atoms with Crippen LogP contribution < -0.4 is 5.32 Å². The van der Waals surface area contributed by atoms with Crippen molar-refractivity contribution in [1.29, 1.82) is 0 Å². The van der Waals surface area contributed by atoms with Gasteiger partial charge in [-0.05, 0) is 25.0 Å². The highest BCUT2D eigenvalue weighted by Gasteiger charge is 2.21. The van der Waals surface area contributed by atoms with Gasteiger partial charge in [0, 0.05) is 12.3 Å². The second-order valence-electron chi connectivity index (χ2n) is 4.75. The summed E-state index contributed by atoms with van der Waals surface area (Å²) in [5, 5.41) is 11.7. The van der Waals surface area contributed by atoms with Gasteiger partial charge in [0.05, 0.1) is 16.9 Å². The van der Waals surface area contributed by atoms with Gasteiger partial charge in [-0.1, -0.05) is 19.1 Å². The number of carbonyl (C=O) groups is 2. The number of aromatic carboxylic acids is 1. The van der Waals surface area contributed by atoms with Crippen LogP contribution in [0.2, 0.25) is 0 Å². The largest absolute Gasteiger partial charge is 0.478 e. The highest BCUT2D eigenvalue weighted by Crippen LogP contribution is 2.18. The zero-order chi connectivity index (χ0) is 16.2. The van der Waals surface area contributed by atoms with Gasteiger partial charge in [0.2, 0.25) is 0 Å². The van der Waals surface area contributed by atoms with Crippen molar-refractivity contribution < 1.29 is 23.1 Å². The molecular weight excluding hydrogens is 294 g/mol. The van der Waals surface area contributed by atoms with Crippen LogP contribution in [0.5, 0.6) is 0 Å². The lowest BCUT2D eigenvalue weighted by Gasteiger charge is -2.12. The number of carboxylic acid groups (broad SMARTS) is 1. The summed E-state index contributed by atoms with van der Waals surface area (Å²) in [7, 11) is -3.17. The number of nitrogens with one attached hydrogen (secondary N) is 1. The molecule has 2 N–H and O–H groups in total. The lowest BCUT2D eigenvalue weighted by Crippen LogP contribution is -2.31. The Labute approximate surface area is 124 Å². The molecule has 0 atom stereocenters. The molecule has 21 heavy (non-hydrogen) atoms. The van der Waals surface area contributed by atoms with Crippen LogP contribution in [0.15, 0.2) is 12.1 Å². The van der Waals surface area contributed by atoms with Crippen molar-refractivity contribution in [1.82, 2.24) is 5.32 Å². The summed E-state index contributed by atoms with van der Waals surface area (Å²) < 4.78 is 22.7. The molecule has 0 aliphatic heterocycles. The van der Waals surface area contributed by atoms with Crippen LogP contribution in [0, 0.1) is 13.8 Å². The van der Waals surface area contributed by atoms with Crippen LogP contribution in [-0.4, -0.2) is 43.5 Å². The Morgan fingerprint density at radius 2 is 1.67 bits per heavy atom. The average Bonchev–Trinajstić information content (AvgIpc) is 2.40. The van der Waals surface area contributed by atoms with Gasteiger partial charge in [0.1, 0.15) is 0 Å². The first-order valence-corrected chi connectivity index (χ1v) is 8.34. The van der Waals surface area contributed by atoms with Gasteiger partial charge in [0.15, 0.2) is 9.84 Å². The molecular formula is C14H19NO5S. The van der Waals surface area contributed by atoms with Gasteiger partial charge >= 0.3 is 5.97 Å². The first-order chi connectivity index (χ1) is 9.69. The predicted molar refractivity (Wildman–Crippen MR) is 79.5 cm³/mol. The fraction of sp³-hybridized carbons (Fsp3) is 0.429. The van der Waals surface area contributed by atoms with Crippen molar-refractivity contribution >= 4 is 21.7 Å². The standard InChI is InChI=1S/C14H19NO5S/c1-4-21(19,20)8-7-15-13(16)11-9(2)5-6-10(3)12(11)14(17)18/h5-6H,4,7-8H2,1-3H3,(H,15,16)(H,17,18). The van der Waals surface area contributed by atoms with E-state index in [1.54, 1.807) is 26.0 Å². The summed E-state index contributed by atoms with van der Waals surface area (Å²) >= 11 is 0. The van der Waals surface area contributed by atoms with Gasteiger partial charge < -0.3 is 10.4 Å². The molecule has 0 spiro atoms. The Morgan fingerprint density at radius 3 is 2.14 bits per heavy atom. The lowest BCUT2D eigenvalue weighted by molar-refractivity contribution is 0.0690. The minimum atomic E-state index is -3.17. The second kappa shape index (κ2) is 6.71. The molecule has 0 heterocycles. The zero-order valence-electron chi connectivity index (χ0n) is 12.3. The molecule has 0 radical (unpaired) electrons. The molecule has 0 aliphatic rings. The number of sulfone groups is 1. The van der Waals surface area contributed by atoms with Gasteiger partial charge in [0.25, 0.3) is 5.91 Å². The van der Waals surface area contributed by atoms with E-state index < -0.39 is 21.7 Å². The Balaban J connectivity index is 2.98. The Kier molecular flexibility index (Phi) is 5.48.